The van der Waals surface area contributed by atoms with Gasteiger partial charge in [0.05, 0.1) is 0 Å². The molecule has 3 heterocycles. The number of furan rings is 2. The minimum Gasteiger partial charge on any atom is -0.456 e. The average Bonchev–Trinajstić information content (AvgIpc) is 3.77. The highest BCUT2D eigenvalue weighted by Gasteiger charge is 2.17. The van der Waals surface area contributed by atoms with Gasteiger partial charge in [-0.1, -0.05) is 84.9 Å². The van der Waals surface area contributed by atoms with Gasteiger partial charge in [0.2, 0.25) is 0 Å². The summed E-state index contributed by atoms with van der Waals surface area (Å²) in [6, 6.07) is 60.4. The van der Waals surface area contributed by atoms with E-state index in [2.05, 4.69) is 143 Å². The molecule has 0 aliphatic carbocycles. The molecule has 0 saturated carbocycles. The predicted octanol–water partition coefficient (Wildman–Crippen LogP) is 14.0. The van der Waals surface area contributed by atoms with Gasteiger partial charge in [0.1, 0.15) is 22.3 Å². The van der Waals surface area contributed by atoms with Crippen molar-refractivity contribution >= 4 is 82.5 Å². The lowest BCUT2D eigenvalue weighted by Gasteiger charge is -2.26. The first kappa shape index (κ1) is 29.5. The maximum atomic E-state index is 6.30. The second-order valence-electron chi connectivity index (χ2n) is 13.7. The van der Waals surface area contributed by atoms with Crippen LogP contribution in [0.5, 0.6) is 0 Å². The van der Waals surface area contributed by atoms with Gasteiger partial charge in [-0.25, -0.2) is 0 Å². The Morgan fingerprint density at radius 2 is 0.755 bits per heavy atom. The van der Waals surface area contributed by atoms with E-state index in [1.165, 1.54) is 21.9 Å². The van der Waals surface area contributed by atoms with E-state index in [0.29, 0.717) is 0 Å². The molecule has 0 N–H and O–H groups in total. The summed E-state index contributed by atoms with van der Waals surface area (Å²) in [6.45, 7) is 0. The van der Waals surface area contributed by atoms with Crippen LogP contribution in [0.25, 0.3) is 87.7 Å². The number of hydrogen-bond acceptors (Lipinski definition) is 4. The fourth-order valence-electron chi connectivity index (χ4n) is 7.84. The Labute approximate surface area is 304 Å². The summed E-state index contributed by atoms with van der Waals surface area (Å²) in [5.74, 6) is 0. The van der Waals surface area contributed by atoms with Crippen LogP contribution >= 0.6 is 0 Å². The van der Waals surface area contributed by atoms with Crippen molar-refractivity contribution in [3.63, 3.8) is 0 Å². The van der Waals surface area contributed by atoms with E-state index in [-0.39, 0.29) is 0 Å². The van der Waals surface area contributed by atoms with Crippen LogP contribution in [0.1, 0.15) is 0 Å². The summed E-state index contributed by atoms with van der Waals surface area (Å²) in [5, 5.41) is 9.12. The zero-order valence-electron chi connectivity index (χ0n) is 28.5. The Morgan fingerprint density at radius 3 is 1.26 bits per heavy atom. The van der Waals surface area contributed by atoms with Crippen LogP contribution in [0.3, 0.4) is 0 Å². The number of benzene rings is 8. The van der Waals surface area contributed by atoms with Crippen LogP contribution in [0.4, 0.5) is 17.1 Å². The lowest BCUT2D eigenvalue weighted by molar-refractivity contribution is 0.669. The Bertz CT molecular complexity index is 3000. The molecule has 0 saturated heterocycles. The monoisotopic (exact) mass is 678 g/mol. The first-order chi connectivity index (χ1) is 26.2. The number of rotatable bonds is 5. The van der Waals surface area contributed by atoms with Crippen molar-refractivity contribution in [1.29, 1.82) is 0 Å². The number of nitrogens with zero attached hydrogens (tertiary/aromatic N) is 2. The van der Waals surface area contributed by atoms with E-state index in [1.807, 2.05) is 48.8 Å². The highest BCUT2D eigenvalue weighted by molar-refractivity contribution is 6.12. The molecule has 8 aromatic carbocycles. The Hall–Kier alpha value is -7.17. The third-order valence-electron chi connectivity index (χ3n) is 10.5. The van der Waals surface area contributed by atoms with Gasteiger partial charge in [0, 0.05) is 51.0 Å². The smallest absolute Gasteiger partial charge is 0.136 e. The summed E-state index contributed by atoms with van der Waals surface area (Å²) in [6.07, 6.45) is 3.66. The second-order valence-corrected chi connectivity index (χ2v) is 13.7. The quantitative estimate of drug-likeness (QED) is 0.182. The van der Waals surface area contributed by atoms with E-state index in [1.54, 1.807) is 0 Å². The average molecular weight is 679 g/mol. The number of aromatic nitrogens is 1. The zero-order valence-corrected chi connectivity index (χ0v) is 28.5. The first-order valence-corrected chi connectivity index (χ1v) is 17.8. The van der Waals surface area contributed by atoms with Crippen molar-refractivity contribution in [3.05, 3.63) is 182 Å². The van der Waals surface area contributed by atoms with Crippen LogP contribution in [-0.2, 0) is 0 Å². The van der Waals surface area contributed by atoms with Gasteiger partial charge in [-0.15, -0.1) is 0 Å². The van der Waals surface area contributed by atoms with Gasteiger partial charge < -0.3 is 13.7 Å². The topological polar surface area (TPSA) is 42.4 Å². The number of anilines is 3. The van der Waals surface area contributed by atoms with E-state index in [4.69, 9.17) is 8.83 Å². The number of pyridine rings is 1. The molecule has 0 aliphatic rings. The van der Waals surface area contributed by atoms with E-state index in [0.717, 1.165) is 82.8 Å². The fraction of sp³-hybridized carbons (Fsp3) is 0. The molecular weight excluding hydrogens is 649 g/mol. The van der Waals surface area contributed by atoms with Gasteiger partial charge in [0.25, 0.3) is 0 Å². The second kappa shape index (κ2) is 11.7. The molecule has 0 spiro atoms. The molecule has 4 heteroatoms. The minimum atomic E-state index is 0.891. The standard InChI is InChI=1S/C49H30N2O2/c1-3-7-46-42(5-1)44-27-35-15-19-40(25-37(35)29-48(44)52-46)51(39-17-13-33(14-18-39)31-9-11-32(12-10-31)34-21-23-50-24-22-34)41-20-16-36-28-45-43-6-2-4-8-47(43)53-49(45)30-38(36)26-41/h1-30H. The normalized spacial score (nSPS) is 11.8. The summed E-state index contributed by atoms with van der Waals surface area (Å²) in [7, 11) is 0. The van der Waals surface area contributed by atoms with Crippen LogP contribution < -0.4 is 4.90 Å². The molecule has 4 nitrogen and oxygen atoms in total. The Kier molecular flexibility index (Phi) is 6.52. The first-order valence-electron chi connectivity index (χ1n) is 17.8. The van der Waals surface area contributed by atoms with Crippen LogP contribution in [0.2, 0.25) is 0 Å². The SMILES string of the molecule is c1ccc2c(c1)oc1cc3cc(N(c4ccc(-c5ccc(-c6ccncc6)cc5)cc4)c4ccc5cc6c(cc5c4)oc4ccccc46)ccc3cc12. The number of hydrogen-bond donors (Lipinski definition) is 0. The summed E-state index contributed by atoms with van der Waals surface area (Å²) in [5.41, 5.74) is 11.4. The van der Waals surface area contributed by atoms with Crippen molar-refractivity contribution in [1.82, 2.24) is 4.98 Å². The Balaban J connectivity index is 1.04. The van der Waals surface area contributed by atoms with E-state index < -0.39 is 0 Å². The minimum absolute atomic E-state index is 0.891. The molecule has 0 fully saturated rings. The molecule has 0 radical (unpaired) electrons. The van der Waals surface area contributed by atoms with Gasteiger partial charge >= 0.3 is 0 Å². The van der Waals surface area contributed by atoms with E-state index >= 15 is 0 Å². The van der Waals surface area contributed by atoms with Crippen molar-refractivity contribution in [2.45, 2.75) is 0 Å². The third-order valence-corrected chi connectivity index (χ3v) is 10.5. The Morgan fingerprint density at radius 1 is 0.321 bits per heavy atom. The molecule has 11 rings (SSSR count). The van der Waals surface area contributed by atoms with Crippen molar-refractivity contribution in [2.24, 2.45) is 0 Å². The van der Waals surface area contributed by atoms with Gasteiger partial charge in [-0.2, -0.15) is 0 Å². The lowest BCUT2D eigenvalue weighted by Crippen LogP contribution is -2.09. The largest absolute Gasteiger partial charge is 0.456 e. The van der Waals surface area contributed by atoms with Crippen LogP contribution in [-0.4, -0.2) is 4.98 Å². The highest BCUT2D eigenvalue weighted by Crippen LogP contribution is 2.41. The van der Waals surface area contributed by atoms with Crippen molar-refractivity contribution in [3.8, 4) is 22.3 Å². The highest BCUT2D eigenvalue weighted by atomic mass is 16.3. The van der Waals surface area contributed by atoms with E-state index in [9.17, 15) is 0 Å². The van der Waals surface area contributed by atoms with Crippen molar-refractivity contribution < 1.29 is 8.83 Å². The molecule has 248 valence electrons. The summed E-state index contributed by atoms with van der Waals surface area (Å²) in [4.78, 5) is 6.49. The summed E-state index contributed by atoms with van der Waals surface area (Å²) < 4.78 is 12.6. The van der Waals surface area contributed by atoms with Gasteiger partial charge in [-0.05, 0) is 129 Å². The molecule has 0 atom stereocenters. The van der Waals surface area contributed by atoms with Crippen molar-refractivity contribution in [2.75, 3.05) is 4.90 Å². The molecule has 0 bridgehead atoms. The zero-order chi connectivity index (χ0) is 34.9. The van der Waals surface area contributed by atoms with Gasteiger partial charge in [0.15, 0.2) is 0 Å². The number of fused-ring (bicyclic) bond motifs is 8. The summed E-state index contributed by atoms with van der Waals surface area (Å²) >= 11 is 0. The van der Waals surface area contributed by atoms with Crippen LogP contribution in [0.15, 0.2) is 191 Å². The molecule has 11 aromatic rings. The molecule has 0 amide bonds. The predicted molar refractivity (Wildman–Crippen MR) is 219 cm³/mol. The number of para-hydroxylation sites is 2. The maximum absolute atomic E-state index is 6.30. The van der Waals surface area contributed by atoms with Gasteiger partial charge in [-0.3, -0.25) is 4.98 Å². The molecule has 53 heavy (non-hydrogen) atoms. The lowest BCUT2D eigenvalue weighted by atomic mass is 10.00. The molecule has 3 aromatic heterocycles. The fourth-order valence-corrected chi connectivity index (χ4v) is 7.84. The maximum Gasteiger partial charge on any atom is 0.136 e. The molecule has 0 unspecified atom stereocenters. The third kappa shape index (κ3) is 4.95. The molecule has 0 aliphatic heterocycles. The van der Waals surface area contributed by atoms with Crippen LogP contribution in [0, 0.1) is 0 Å². The molecular formula is C49H30N2O2.